The highest BCUT2D eigenvalue weighted by molar-refractivity contribution is 5.81. The summed E-state index contributed by atoms with van der Waals surface area (Å²) in [4.78, 5) is 33.6. The van der Waals surface area contributed by atoms with E-state index in [2.05, 4.69) is 20.7 Å². The average Bonchev–Trinajstić information content (AvgIpc) is 2.24. The van der Waals surface area contributed by atoms with Gasteiger partial charge in [0.05, 0.1) is 6.61 Å². The Hall–Kier alpha value is -1.79. The summed E-state index contributed by atoms with van der Waals surface area (Å²) in [5.41, 5.74) is -0.288. The molecular weight excluding hydrogens is 250 g/mol. The Labute approximate surface area is 113 Å². The van der Waals surface area contributed by atoms with Crippen molar-refractivity contribution in [1.29, 1.82) is 0 Å². The molecule has 3 amide bonds. The summed E-state index contributed by atoms with van der Waals surface area (Å²) in [6.07, 6.45) is 0.185. The zero-order chi connectivity index (χ0) is 14.9. The summed E-state index contributed by atoms with van der Waals surface area (Å²) >= 11 is 0. The van der Waals surface area contributed by atoms with E-state index < -0.39 is 12.0 Å². The maximum atomic E-state index is 11.4. The monoisotopic (exact) mass is 273 g/mol. The molecule has 0 aromatic rings. The zero-order valence-electron chi connectivity index (χ0n) is 12.0. The highest BCUT2D eigenvalue weighted by Gasteiger charge is 2.13. The van der Waals surface area contributed by atoms with Crippen LogP contribution in [0.25, 0.3) is 0 Å². The van der Waals surface area contributed by atoms with E-state index in [9.17, 15) is 14.4 Å². The minimum Gasteiger partial charge on any atom is -0.465 e. The molecule has 0 aromatic heterocycles. The molecule has 0 rings (SSSR count). The zero-order valence-corrected chi connectivity index (χ0v) is 12.0. The van der Waals surface area contributed by atoms with E-state index in [4.69, 9.17) is 0 Å². The molecule has 0 aliphatic rings. The molecule has 7 heteroatoms. The Morgan fingerprint density at radius 3 is 2.26 bits per heavy atom. The van der Waals surface area contributed by atoms with Crippen molar-refractivity contribution in [2.24, 2.45) is 0 Å². The molecule has 0 aliphatic heterocycles. The SMILES string of the molecule is CCOC(=O)CNC(=O)NCCC(=O)NC(C)(C)C. The smallest absolute Gasteiger partial charge is 0.325 e. The molecule has 0 unspecified atom stereocenters. The highest BCUT2D eigenvalue weighted by atomic mass is 16.5. The number of amides is 3. The van der Waals surface area contributed by atoms with Crippen molar-refractivity contribution in [2.75, 3.05) is 19.7 Å². The van der Waals surface area contributed by atoms with Gasteiger partial charge in [-0.05, 0) is 27.7 Å². The Morgan fingerprint density at radius 2 is 1.74 bits per heavy atom. The van der Waals surface area contributed by atoms with E-state index in [1.165, 1.54) is 0 Å². The number of carbonyl (C=O) groups is 3. The number of ether oxygens (including phenoxy) is 1. The Balaban J connectivity index is 3.69. The summed E-state index contributed by atoms with van der Waals surface area (Å²) in [7, 11) is 0. The van der Waals surface area contributed by atoms with Crippen LogP contribution >= 0.6 is 0 Å². The van der Waals surface area contributed by atoms with Crippen LogP contribution in [0.15, 0.2) is 0 Å². The maximum Gasteiger partial charge on any atom is 0.325 e. The second kappa shape index (κ2) is 8.34. The van der Waals surface area contributed by atoms with Gasteiger partial charge in [-0.2, -0.15) is 0 Å². The van der Waals surface area contributed by atoms with Crippen molar-refractivity contribution in [2.45, 2.75) is 39.7 Å². The first kappa shape index (κ1) is 17.2. The van der Waals surface area contributed by atoms with E-state index >= 15 is 0 Å². The van der Waals surface area contributed by atoms with E-state index in [0.29, 0.717) is 0 Å². The predicted molar refractivity (Wildman–Crippen MR) is 70.5 cm³/mol. The van der Waals surface area contributed by atoms with Crippen LogP contribution in [-0.4, -0.2) is 43.1 Å². The number of hydrogen-bond acceptors (Lipinski definition) is 4. The van der Waals surface area contributed by atoms with Gasteiger partial charge in [-0.3, -0.25) is 9.59 Å². The van der Waals surface area contributed by atoms with Crippen LogP contribution in [-0.2, 0) is 14.3 Å². The lowest BCUT2D eigenvalue weighted by molar-refractivity contribution is -0.141. The third kappa shape index (κ3) is 11.1. The van der Waals surface area contributed by atoms with E-state index in [0.717, 1.165) is 0 Å². The molecule has 110 valence electrons. The van der Waals surface area contributed by atoms with Crippen molar-refractivity contribution in [1.82, 2.24) is 16.0 Å². The quantitative estimate of drug-likeness (QED) is 0.600. The molecule has 0 atom stereocenters. The summed E-state index contributed by atoms with van der Waals surface area (Å²) in [5, 5.41) is 7.59. The highest BCUT2D eigenvalue weighted by Crippen LogP contribution is 1.98. The van der Waals surface area contributed by atoms with Crippen LogP contribution in [0.5, 0.6) is 0 Å². The molecule has 0 saturated heterocycles. The Morgan fingerprint density at radius 1 is 1.11 bits per heavy atom. The fourth-order valence-electron chi connectivity index (χ4n) is 1.20. The van der Waals surface area contributed by atoms with Gasteiger partial charge in [-0.1, -0.05) is 0 Å². The molecule has 19 heavy (non-hydrogen) atoms. The molecule has 0 heterocycles. The molecule has 0 fully saturated rings. The third-order valence-corrected chi connectivity index (χ3v) is 1.85. The van der Waals surface area contributed by atoms with Crippen molar-refractivity contribution >= 4 is 17.9 Å². The summed E-state index contributed by atoms with van der Waals surface area (Å²) in [5.74, 6) is -0.638. The normalized spacial score (nSPS) is 10.5. The second-order valence-electron chi connectivity index (χ2n) is 4.96. The van der Waals surface area contributed by atoms with Crippen LogP contribution in [0.1, 0.15) is 34.1 Å². The van der Waals surface area contributed by atoms with Gasteiger partial charge in [-0.25, -0.2) is 4.79 Å². The van der Waals surface area contributed by atoms with Crippen LogP contribution in [0.3, 0.4) is 0 Å². The van der Waals surface area contributed by atoms with Gasteiger partial charge in [0, 0.05) is 18.5 Å². The molecule has 0 bridgehead atoms. The average molecular weight is 273 g/mol. The van der Waals surface area contributed by atoms with Gasteiger partial charge in [0.25, 0.3) is 0 Å². The first-order valence-corrected chi connectivity index (χ1v) is 6.23. The van der Waals surface area contributed by atoms with Gasteiger partial charge in [0.15, 0.2) is 0 Å². The number of hydrogen-bond donors (Lipinski definition) is 3. The fraction of sp³-hybridized carbons (Fsp3) is 0.750. The van der Waals surface area contributed by atoms with Gasteiger partial charge in [-0.15, -0.1) is 0 Å². The lowest BCUT2D eigenvalue weighted by atomic mass is 10.1. The van der Waals surface area contributed by atoms with E-state index in [1.807, 2.05) is 20.8 Å². The Bertz CT molecular complexity index is 323. The standard InChI is InChI=1S/C12H23N3O4/c1-5-19-10(17)8-14-11(18)13-7-6-9(16)15-12(2,3)4/h5-8H2,1-4H3,(H,15,16)(H2,13,14,18). The molecule has 0 saturated carbocycles. The van der Waals surface area contributed by atoms with Crippen molar-refractivity contribution in [3.63, 3.8) is 0 Å². The minimum atomic E-state index is -0.503. The Kier molecular flexibility index (Phi) is 7.55. The third-order valence-electron chi connectivity index (χ3n) is 1.85. The van der Waals surface area contributed by atoms with Crippen molar-refractivity contribution in [3.05, 3.63) is 0 Å². The number of carbonyl (C=O) groups excluding carboxylic acids is 3. The lowest BCUT2D eigenvalue weighted by Gasteiger charge is -2.20. The topological polar surface area (TPSA) is 96.5 Å². The van der Waals surface area contributed by atoms with Gasteiger partial charge in [0.2, 0.25) is 5.91 Å². The van der Waals surface area contributed by atoms with E-state index in [-0.39, 0.29) is 37.6 Å². The maximum absolute atomic E-state index is 11.4. The van der Waals surface area contributed by atoms with Gasteiger partial charge in [0.1, 0.15) is 6.54 Å². The molecule has 0 radical (unpaired) electrons. The van der Waals surface area contributed by atoms with Gasteiger partial charge < -0.3 is 20.7 Å². The first-order valence-electron chi connectivity index (χ1n) is 6.23. The summed E-state index contributed by atoms with van der Waals surface area (Å²) < 4.78 is 4.64. The second-order valence-corrected chi connectivity index (χ2v) is 4.96. The van der Waals surface area contributed by atoms with Crippen LogP contribution in [0.4, 0.5) is 4.79 Å². The molecule has 0 aromatic carbocycles. The fourth-order valence-corrected chi connectivity index (χ4v) is 1.20. The van der Waals surface area contributed by atoms with E-state index in [1.54, 1.807) is 6.92 Å². The molecule has 7 nitrogen and oxygen atoms in total. The number of urea groups is 1. The van der Waals surface area contributed by atoms with Crippen molar-refractivity contribution in [3.8, 4) is 0 Å². The molecular formula is C12H23N3O4. The molecule has 0 aliphatic carbocycles. The molecule has 3 N–H and O–H groups in total. The number of nitrogens with one attached hydrogen (secondary N) is 3. The largest absolute Gasteiger partial charge is 0.465 e. The number of rotatable bonds is 6. The van der Waals surface area contributed by atoms with Crippen LogP contribution in [0.2, 0.25) is 0 Å². The first-order chi connectivity index (χ1) is 8.74. The van der Waals surface area contributed by atoms with Crippen LogP contribution in [0, 0.1) is 0 Å². The lowest BCUT2D eigenvalue weighted by Crippen LogP contribution is -2.43. The summed E-state index contributed by atoms with van der Waals surface area (Å²) in [6.45, 7) is 7.62. The predicted octanol–water partition coefficient (Wildman–Crippen LogP) is 0.154. The number of esters is 1. The minimum absolute atomic E-state index is 0.141. The van der Waals surface area contributed by atoms with Crippen LogP contribution < -0.4 is 16.0 Å². The van der Waals surface area contributed by atoms with Gasteiger partial charge >= 0.3 is 12.0 Å². The molecule has 0 spiro atoms. The van der Waals surface area contributed by atoms with Crippen molar-refractivity contribution < 1.29 is 19.1 Å². The summed E-state index contributed by atoms with van der Waals surface area (Å²) in [6, 6.07) is -0.503.